The molecule has 6 heteroatoms. The molecule has 1 unspecified atom stereocenters. The fourth-order valence-electron chi connectivity index (χ4n) is 0.748. The first-order valence-electron chi connectivity index (χ1n) is 4.12. The molecule has 0 aliphatic rings. The minimum Gasteiger partial charge on any atom is -0.479 e. The normalized spacial score (nSPS) is 14.6. The zero-order valence-corrected chi connectivity index (χ0v) is 9.55. The van der Waals surface area contributed by atoms with E-state index in [1.165, 1.54) is 6.92 Å². The second-order valence-corrected chi connectivity index (χ2v) is 4.53. The number of hydrogen-bond acceptors (Lipinski definition) is 4. The summed E-state index contributed by atoms with van der Waals surface area (Å²) in [6.45, 7) is 1.24. The first-order valence-corrected chi connectivity index (χ1v) is 5.49. The van der Waals surface area contributed by atoms with Crippen molar-refractivity contribution in [2.75, 3.05) is 5.75 Å². The van der Waals surface area contributed by atoms with Crippen LogP contribution >= 0.6 is 23.4 Å². The van der Waals surface area contributed by atoms with Gasteiger partial charge in [0.05, 0.1) is 5.02 Å². The molecule has 1 heterocycles. The van der Waals surface area contributed by atoms with Crippen LogP contribution in [0.5, 0.6) is 0 Å². The van der Waals surface area contributed by atoms with Gasteiger partial charge in [0.25, 0.3) is 0 Å². The molecule has 0 amide bonds. The fourth-order valence-corrected chi connectivity index (χ4v) is 1.92. The Bertz CT molecular complexity index is 370. The van der Waals surface area contributed by atoms with E-state index in [1.807, 2.05) is 0 Å². The van der Waals surface area contributed by atoms with Crippen LogP contribution < -0.4 is 0 Å². The van der Waals surface area contributed by atoms with E-state index < -0.39 is 11.6 Å². The molecule has 0 saturated heterocycles. The van der Waals surface area contributed by atoms with Crippen LogP contribution in [0.25, 0.3) is 0 Å². The van der Waals surface area contributed by atoms with Crippen LogP contribution in [0, 0.1) is 0 Å². The van der Waals surface area contributed by atoms with Crippen molar-refractivity contribution in [3.05, 3.63) is 23.4 Å². The van der Waals surface area contributed by atoms with Gasteiger partial charge in [0, 0.05) is 11.9 Å². The minimum atomic E-state index is -1.77. The number of aliphatic carboxylic acids is 1. The van der Waals surface area contributed by atoms with E-state index in [9.17, 15) is 9.90 Å². The first kappa shape index (κ1) is 12.3. The van der Waals surface area contributed by atoms with E-state index in [0.717, 1.165) is 11.8 Å². The van der Waals surface area contributed by atoms with E-state index in [-0.39, 0.29) is 5.75 Å². The van der Waals surface area contributed by atoms with Crippen molar-refractivity contribution in [3.8, 4) is 0 Å². The van der Waals surface area contributed by atoms with Crippen molar-refractivity contribution < 1.29 is 15.0 Å². The lowest BCUT2D eigenvalue weighted by atomic mass is 10.1. The zero-order valence-electron chi connectivity index (χ0n) is 7.98. The van der Waals surface area contributed by atoms with E-state index in [2.05, 4.69) is 4.98 Å². The maximum absolute atomic E-state index is 10.6. The maximum Gasteiger partial charge on any atom is 0.336 e. The van der Waals surface area contributed by atoms with Crippen molar-refractivity contribution >= 4 is 29.3 Å². The van der Waals surface area contributed by atoms with Gasteiger partial charge in [-0.1, -0.05) is 11.6 Å². The summed E-state index contributed by atoms with van der Waals surface area (Å²) in [5.74, 6) is -1.26. The van der Waals surface area contributed by atoms with Gasteiger partial charge in [-0.2, -0.15) is 0 Å². The molecule has 0 aromatic carbocycles. The monoisotopic (exact) mass is 247 g/mol. The standard InChI is InChI=1S/C9H10ClNO3S/c1-9(14,8(12)13)5-15-7-6(10)3-2-4-11-7/h2-4,14H,5H2,1H3,(H,12,13). The number of rotatable bonds is 4. The smallest absolute Gasteiger partial charge is 0.336 e. The molecule has 0 radical (unpaired) electrons. The quantitative estimate of drug-likeness (QED) is 0.792. The summed E-state index contributed by atoms with van der Waals surface area (Å²) in [6.07, 6.45) is 1.56. The van der Waals surface area contributed by atoms with Crippen LogP contribution in [-0.4, -0.2) is 32.5 Å². The molecule has 1 aromatic heterocycles. The second-order valence-electron chi connectivity index (χ2n) is 3.16. The molecule has 82 valence electrons. The molecule has 0 saturated carbocycles. The van der Waals surface area contributed by atoms with Crippen molar-refractivity contribution in [1.29, 1.82) is 0 Å². The van der Waals surface area contributed by atoms with Gasteiger partial charge in [-0.3, -0.25) is 0 Å². The molecule has 0 aliphatic heterocycles. The van der Waals surface area contributed by atoms with Crippen LogP contribution in [0.2, 0.25) is 5.02 Å². The van der Waals surface area contributed by atoms with Crippen molar-refractivity contribution in [3.63, 3.8) is 0 Å². The Hall–Kier alpha value is -0.780. The highest BCUT2D eigenvalue weighted by Gasteiger charge is 2.30. The van der Waals surface area contributed by atoms with Crippen molar-refractivity contribution in [2.24, 2.45) is 0 Å². The Kier molecular flexibility index (Phi) is 3.96. The van der Waals surface area contributed by atoms with Gasteiger partial charge in [0.15, 0.2) is 5.60 Å². The minimum absolute atomic E-state index is 0.000926. The van der Waals surface area contributed by atoms with Gasteiger partial charge in [0.1, 0.15) is 5.03 Å². The summed E-state index contributed by atoms with van der Waals surface area (Å²) in [4.78, 5) is 14.6. The molecule has 15 heavy (non-hydrogen) atoms. The van der Waals surface area contributed by atoms with Gasteiger partial charge in [-0.25, -0.2) is 9.78 Å². The molecule has 1 atom stereocenters. The molecule has 0 spiro atoms. The largest absolute Gasteiger partial charge is 0.479 e. The summed E-state index contributed by atoms with van der Waals surface area (Å²) in [6, 6.07) is 3.34. The number of aliphatic hydroxyl groups is 1. The molecule has 0 fully saturated rings. The third-order valence-corrected chi connectivity index (χ3v) is 3.40. The lowest BCUT2D eigenvalue weighted by Gasteiger charge is -2.16. The SMILES string of the molecule is CC(O)(CSc1ncccc1Cl)C(=O)O. The zero-order chi connectivity index (χ0) is 11.5. The van der Waals surface area contributed by atoms with Crippen molar-refractivity contribution in [1.82, 2.24) is 4.98 Å². The van der Waals surface area contributed by atoms with E-state index >= 15 is 0 Å². The molecule has 1 rings (SSSR count). The molecule has 1 aromatic rings. The number of hydrogen-bond donors (Lipinski definition) is 2. The van der Waals surface area contributed by atoms with E-state index in [1.54, 1.807) is 18.3 Å². The topological polar surface area (TPSA) is 70.4 Å². The molecular formula is C9H10ClNO3S. The number of nitrogens with zero attached hydrogens (tertiary/aromatic N) is 1. The highest BCUT2D eigenvalue weighted by atomic mass is 35.5. The summed E-state index contributed by atoms with van der Waals surface area (Å²) in [5, 5.41) is 19.1. The van der Waals surface area contributed by atoms with Gasteiger partial charge in [-0.15, -0.1) is 11.8 Å². The van der Waals surface area contributed by atoms with Crippen LogP contribution in [-0.2, 0) is 4.79 Å². The molecule has 4 nitrogen and oxygen atoms in total. The number of halogens is 1. The van der Waals surface area contributed by atoms with Gasteiger partial charge in [-0.05, 0) is 19.1 Å². The summed E-state index contributed by atoms with van der Waals surface area (Å²) < 4.78 is 0. The number of pyridine rings is 1. The molecule has 0 aliphatic carbocycles. The Balaban J connectivity index is 2.66. The predicted molar refractivity (Wildman–Crippen MR) is 58.2 cm³/mol. The third kappa shape index (κ3) is 3.37. The Morgan fingerprint density at radius 3 is 2.93 bits per heavy atom. The summed E-state index contributed by atoms with van der Waals surface area (Å²) in [7, 11) is 0. The van der Waals surface area contributed by atoms with Crippen molar-refractivity contribution in [2.45, 2.75) is 17.6 Å². The highest BCUT2D eigenvalue weighted by Crippen LogP contribution is 2.27. The number of carbonyl (C=O) groups is 1. The Labute approximate surface area is 96.3 Å². The second kappa shape index (κ2) is 4.83. The number of thioether (sulfide) groups is 1. The molecule has 0 bridgehead atoms. The van der Waals surface area contributed by atoms with Crippen LogP contribution in [0.1, 0.15) is 6.92 Å². The van der Waals surface area contributed by atoms with Gasteiger partial charge >= 0.3 is 5.97 Å². The molecular weight excluding hydrogens is 238 g/mol. The van der Waals surface area contributed by atoms with Crippen LogP contribution in [0.4, 0.5) is 0 Å². The van der Waals surface area contributed by atoms with E-state index in [4.69, 9.17) is 16.7 Å². The molecule has 2 N–H and O–H groups in total. The average molecular weight is 248 g/mol. The lowest BCUT2D eigenvalue weighted by Crippen LogP contribution is -2.37. The first-order chi connectivity index (χ1) is 6.93. The number of carboxylic acid groups (broad SMARTS) is 1. The summed E-state index contributed by atoms with van der Waals surface area (Å²) in [5.41, 5.74) is -1.77. The summed E-state index contributed by atoms with van der Waals surface area (Å²) >= 11 is 6.93. The Morgan fingerprint density at radius 1 is 1.73 bits per heavy atom. The number of carboxylic acids is 1. The van der Waals surface area contributed by atoms with Crippen LogP contribution in [0.15, 0.2) is 23.4 Å². The highest BCUT2D eigenvalue weighted by molar-refractivity contribution is 7.99. The lowest BCUT2D eigenvalue weighted by molar-refractivity contribution is -0.154. The van der Waals surface area contributed by atoms with Crippen LogP contribution in [0.3, 0.4) is 0 Å². The number of aromatic nitrogens is 1. The Morgan fingerprint density at radius 2 is 2.40 bits per heavy atom. The van der Waals surface area contributed by atoms with E-state index in [0.29, 0.717) is 10.0 Å². The third-order valence-electron chi connectivity index (χ3n) is 1.68. The average Bonchev–Trinajstić information content (AvgIpc) is 2.16. The van der Waals surface area contributed by atoms with Gasteiger partial charge < -0.3 is 10.2 Å². The van der Waals surface area contributed by atoms with Gasteiger partial charge in [0.2, 0.25) is 0 Å². The fraction of sp³-hybridized carbons (Fsp3) is 0.333. The predicted octanol–water partition coefficient (Wildman–Crippen LogP) is 1.66. The maximum atomic E-state index is 10.6.